The number of aliphatic hydroxyl groups excluding tert-OH is 1. The van der Waals surface area contributed by atoms with Gasteiger partial charge in [-0.05, 0) is 36.4 Å². The van der Waals surface area contributed by atoms with Gasteiger partial charge in [0, 0.05) is 41.3 Å². The Labute approximate surface area is 164 Å². The molecule has 0 saturated heterocycles. The second-order valence-electron chi connectivity index (χ2n) is 5.47. The lowest BCUT2D eigenvalue weighted by molar-refractivity contribution is -0.137. The van der Waals surface area contributed by atoms with Crippen LogP contribution in [0.2, 0.25) is 10.0 Å². The van der Waals surface area contributed by atoms with Crippen LogP contribution in [0, 0.1) is 0 Å². The van der Waals surface area contributed by atoms with Gasteiger partial charge in [-0.1, -0.05) is 23.2 Å². The molecule has 0 radical (unpaired) electrons. The van der Waals surface area contributed by atoms with Crippen LogP contribution >= 0.6 is 23.2 Å². The Morgan fingerprint density at radius 3 is 2.52 bits per heavy atom. The number of hydrogen-bond acceptors (Lipinski definition) is 4. The molecule has 144 valence electrons. The van der Waals surface area contributed by atoms with Crippen molar-refractivity contribution < 1.29 is 18.3 Å². The number of nitrogens with one attached hydrogen (secondary N) is 1. The Morgan fingerprint density at radius 2 is 1.93 bits per heavy atom. The highest BCUT2D eigenvalue weighted by Crippen LogP contribution is 2.37. The highest BCUT2D eigenvalue weighted by Gasteiger charge is 2.33. The Kier molecular flexibility index (Phi) is 6.75. The zero-order valence-electron chi connectivity index (χ0n) is 14.1. The van der Waals surface area contributed by atoms with Crippen LogP contribution in [0.15, 0.2) is 53.2 Å². The molecule has 0 aliphatic rings. The molecular weight excluding hydrogens is 402 g/mol. The van der Waals surface area contributed by atoms with E-state index in [0.29, 0.717) is 16.3 Å². The van der Waals surface area contributed by atoms with Crippen molar-refractivity contribution >= 4 is 40.8 Å². The summed E-state index contributed by atoms with van der Waals surface area (Å²) in [6, 6.07) is 8.14. The summed E-state index contributed by atoms with van der Waals surface area (Å²) in [5, 5.41) is 13.5. The van der Waals surface area contributed by atoms with E-state index in [2.05, 4.69) is 10.3 Å². The maximum absolute atomic E-state index is 12.9. The molecule has 0 aromatic heterocycles. The number of rotatable bonds is 5. The molecular formula is C18H16Cl2F3N3O. The van der Waals surface area contributed by atoms with E-state index < -0.39 is 22.9 Å². The maximum atomic E-state index is 12.9. The van der Waals surface area contributed by atoms with E-state index in [4.69, 9.17) is 28.9 Å². The highest BCUT2D eigenvalue weighted by atomic mass is 35.5. The third-order valence-electron chi connectivity index (χ3n) is 3.70. The van der Waals surface area contributed by atoms with E-state index in [1.54, 1.807) is 25.2 Å². The molecule has 4 nitrogen and oxygen atoms in total. The van der Waals surface area contributed by atoms with Crippen LogP contribution in [0.3, 0.4) is 0 Å². The topological polar surface area (TPSA) is 70.6 Å². The van der Waals surface area contributed by atoms with Gasteiger partial charge >= 0.3 is 6.18 Å². The fourth-order valence-corrected chi connectivity index (χ4v) is 2.74. The maximum Gasteiger partial charge on any atom is 0.417 e. The van der Waals surface area contributed by atoms with Crippen LogP contribution in [0.1, 0.15) is 17.2 Å². The van der Waals surface area contributed by atoms with E-state index in [0.717, 1.165) is 18.3 Å². The molecule has 0 heterocycles. The summed E-state index contributed by atoms with van der Waals surface area (Å²) >= 11 is 11.6. The summed E-state index contributed by atoms with van der Waals surface area (Å²) in [5.74, 6) is 0. The predicted octanol–water partition coefficient (Wildman–Crippen LogP) is 5.33. The molecule has 4 N–H and O–H groups in total. The van der Waals surface area contributed by atoms with Crippen LogP contribution in [0.5, 0.6) is 0 Å². The van der Waals surface area contributed by atoms with Gasteiger partial charge in [-0.2, -0.15) is 13.2 Å². The van der Waals surface area contributed by atoms with Crippen LogP contribution in [-0.4, -0.2) is 18.4 Å². The average molecular weight is 418 g/mol. The third kappa shape index (κ3) is 5.15. The summed E-state index contributed by atoms with van der Waals surface area (Å²) in [4.78, 5) is 3.97. The number of hydrogen-bond donors (Lipinski definition) is 3. The highest BCUT2D eigenvalue weighted by molar-refractivity contribution is 6.31. The van der Waals surface area contributed by atoms with E-state index in [9.17, 15) is 18.3 Å². The summed E-state index contributed by atoms with van der Waals surface area (Å²) in [6.07, 6.45) is -3.48. The summed E-state index contributed by atoms with van der Waals surface area (Å²) in [5.41, 5.74) is 5.82. The quantitative estimate of drug-likeness (QED) is 0.575. The molecule has 2 aromatic rings. The first-order valence-corrected chi connectivity index (χ1v) is 8.40. The Hall–Kier alpha value is -2.22. The molecule has 27 heavy (non-hydrogen) atoms. The fraction of sp³-hybridized carbons (Fsp3) is 0.167. The van der Waals surface area contributed by atoms with E-state index in [1.165, 1.54) is 12.3 Å². The zero-order valence-corrected chi connectivity index (χ0v) is 15.6. The molecule has 1 atom stereocenters. The van der Waals surface area contributed by atoms with Gasteiger partial charge in [0.05, 0.1) is 16.3 Å². The van der Waals surface area contributed by atoms with Crippen molar-refractivity contribution in [3.05, 3.63) is 69.3 Å². The second-order valence-corrected chi connectivity index (χ2v) is 6.31. The number of aliphatic hydroxyl groups is 1. The van der Waals surface area contributed by atoms with Crippen molar-refractivity contribution in [2.24, 2.45) is 10.7 Å². The van der Waals surface area contributed by atoms with Gasteiger partial charge in [0.1, 0.15) is 6.10 Å². The van der Waals surface area contributed by atoms with Crippen LogP contribution in [0.25, 0.3) is 0 Å². The van der Waals surface area contributed by atoms with Crippen LogP contribution in [0.4, 0.5) is 24.5 Å². The van der Waals surface area contributed by atoms with E-state index in [1.807, 2.05) is 0 Å². The minimum Gasteiger partial charge on any atom is -0.404 e. The molecule has 0 spiro atoms. The standard InChI is InChI=1S/C18H16Cl2F3N3O/c1-25-16-5-2-11(19)6-13(16)17(27)10(8-24)9-26-12-3-4-15(20)14(7-12)18(21,22)23/h2-9,17,25,27H,24H2,1H3/b10-8+,26-9?. The third-order valence-corrected chi connectivity index (χ3v) is 4.27. The van der Waals surface area contributed by atoms with Gasteiger partial charge in [-0.25, -0.2) is 0 Å². The number of benzene rings is 2. The lowest BCUT2D eigenvalue weighted by Gasteiger charge is -2.16. The largest absolute Gasteiger partial charge is 0.417 e. The molecule has 1 unspecified atom stereocenters. The number of aliphatic imine (C=N–C) groups is 1. The lowest BCUT2D eigenvalue weighted by atomic mass is 10.0. The summed E-state index contributed by atoms with van der Waals surface area (Å²) in [6.45, 7) is 0. The molecule has 0 amide bonds. The van der Waals surface area contributed by atoms with Crippen molar-refractivity contribution in [2.75, 3.05) is 12.4 Å². The minimum atomic E-state index is -4.60. The minimum absolute atomic E-state index is 0.0122. The Morgan fingerprint density at radius 1 is 1.22 bits per heavy atom. The smallest absolute Gasteiger partial charge is 0.404 e. The SMILES string of the molecule is CNc1ccc(Cl)cc1C(O)/C(C=Nc1ccc(Cl)c(C(F)(F)F)c1)=C/N. The van der Waals surface area contributed by atoms with Crippen molar-refractivity contribution in [1.29, 1.82) is 0 Å². The van der Waals surface area contributed by atoms with Crippen LogP contribution in [-0.2, 0) is 6.18 Å². The Bertz CT molecular complexity index is 883. The van der Waals surface area contributed by atoms with Crippen molar-refractivity contribution in [3.63, 3.8) is 0 Å². The molecule has 0 saturated carbocycles. The van der Waals surface area contributed by atoms with Gasteiger partial charge in [0.15, 0.2) is 0 Å². The van der Waals surface area contributed by atoms with E-state index >= 15 is 0 Å². The van der Waals surface area contributed by atoms with Gasteiger partial charge in [0.25, 0.3) is 0 Å². The average Bonchev–Trinajstić information content (AvgIpc) is 2.62. The van der Waals surface area contributed by atoms with Crippen molar-refractivity contribution in [1.82, 2.24) is 0 Å². The first-order chi connectivity index (χ1) is 12.7. The molecule has 2 aromatic carbocycles. The van der Waals surface area contributed by atoms with Crippen molar-refractivity contribution in [2.45, 2.75) is 12.3 Å². The number of nitrogens with two attached hydrogens (primary N) is 1. The summed E-state index contributed by atoms with van der Waals surface area (Å²) < 4.78 is 38.8. The van der Waals surface area contributed by atoms with E-state index in [-0.39, 0.29) is 11.3 Å². The van der Waals surface area contributed by atoms with Gasteiger partial charge in [0.2, 0.25) is 0 Å². The first-order valence-electron chi connectivity index (χ1n) is 7.65. The molecule has 0 aliphatic heterocycles. The molecule has 9 heteroatoms. The normalized spacial score (nSPS) is 13.8. The number of anilines is 1. The van der Waals surface area contributed by atoms with Crippen molar-refractivity contribution in [3.8, 4) is 0 Å². The van der Waals surface area contributed by atoms with Gasteiger partial charge in [-0.15, -0.1) is 0 Å². The monoisotopic (exact) mass is 417 g/mol. The summed E-state index contributed by atoms with van der Waals surface area (Å²) in [7, 11) is 1.67. The molecule has 0 aliphatic carbocycles. The van der Waals surface area contributed by atoms with Gasteiger partial charge in [-0.3, -0.25) is 4.99 Å². The molecule has 0 fully saturated rings. The van der Waals surface area contributed by atoms with Gasteiger partial charge < -0.3 is 16.2 Å². The second kappa shape index (κ2) is 8.65. The number of alkyl halides is 3. The zero-order chi connectivity index (χ0) is 20.2. The molecule has 0 bridgehead atoms. The first kappa shape index (κ1) is 21.1. The number of nitrogens with zero attached hydrogens (tertiary/aromatic N) is 1. The molecule has 2 rings (SSSR count). The number of halogens is 5. The predicted molar refractivity (Wildman–Crippen MR) is 103 cm³/mol. The lowest BCUT2D eigenvalue weighted by Crippen LogP contribution is -2.08. The van der Waals surface area contributed by atoms with Crippen LogP contribution < -0.4 is 11.1 Å². The fourth-order valence-electron chi connectivity index (χ4n) is 2.33. The Balaban J connectivity index is 2.34.